The van der Waals surface area contributed by atoms with Gasteiger partial charge in [-0.1, -0.05) is 18.2 Å². The number of benzene rings is 2. The molecule has 0 N–H and O–H groups in total. The second-order valence-corrected chi connectivity index (χ2v) is 7.82. The Hall–Kier alpha value is -4.01. The smallest absolute Gasteiger partial charge is 0.271 e. The van der Waals surface area contributed by atoms with Crippen LogP contribution in [0.15, 0.2) is 59.4 Å². The van der Waals surface area contributed by atoms with Crippen LogP contribution in [-0.2, 0) is 0 Å². The molecule has 1 aromatic heterocycles. The minimum atomic E-state index is -0.191. The summed E-state index contributed by atoms with van der Waals surface area (Å²) in [5.41, 5.74) is 0.992. The fourth-order valence-corrected chi connectivity index (χ4v) is 4.06. The third-order valence-electron chi connectivity index (χ3n) is 5.81. The molecule has 9 heteroatoms. The van der Waals surface area contributed by atoms with Gasteiger partial charge in [0.2, 0.25) is 5.75 Å². The van der Waals surface area contributed by atoms with Gasteiger partial charge >= 0.3 is 0 Å². The number of rotatable bonds is 6. The van der Waals surface area contributed by atoms with Crippen LogP contribution in [0.3, 0.4) is 0 Å². The number of para-hydroxylation sites is 1. The van der Waals surface area contributed by atoms with Crippen molar-refractivity contribution < 1.29 is 19.0 Å². The molecule has 4 rings (SSSR count). The van der Waals surface area contributed by atoms with Gasteiger partial charge in [0.25, 0.3) is 11.5 Å². The Morgan fingerprint density at radius 2 is 1.56 bits per heavy atom. The number of hydrogen-bond donors (Lipinski definition) is 0. The predicted octanol–water partition coefficient (Wildman–Crippen LogP) is 2.61. The van der Waals surface area contributed by atoms with E-state index in [1.54, 1.807) is 18.2 Å². The fourth-order valence-electron chi connectivity index (χ4n) is 4.06. The van der Waals surface area contributed by atoms with E-state index >= 15 is 0 Å². The van der Waals surface area contributed by atoms with Crippen LogP contribution >= 0.6 is 0 Å². The maximum atomic E-state index is 13.3. The number of aromatic nitrogens is 2. The van der Waals surface area contributed by atoms with Gasteiger partial charge in [0, 0.05) is 37.8 Å². The Morgan fingerprint density at radius 3 is 2.21 bits per heavy atom. The molecule has 34 heavy (non-hydrogen) atoms. The van der Waals surface area contributed by atoms with E-state index in [9.17, 15) is 9.59 Å². The molecule has 1 amide bonds. The summed E-state index contributed by atoms with van der Waals surface area (Å²) in [5, 5.41) is 4.58. The van der Waals surface area contributed by atoms with Crippen molar-refractivity contribution in [1.82, 2.24) is 14.7 Å². The van der Waals surface area contributed by atoms with Crippen LogP contribution in [0, 0.1) is 0 Å². The Morgan fingerprint density at radius 1 is 0.853 bits per heavy atom. The number of hydrogen-bond acceptors (Lipinski definition) is 7. The second kappa shape index (κ2) is 10.3. The van der Waals surface area contributed by atoms with E-state index in [4.69, 9.17) is 14.2 Å². The molecule has 0 spiro atoms. The van der Waals surface area contributed by atoms with E-state index in [-0.39, 0.29) is 11.5 Å². The average molecular weight is 465 g/mol. The topological polar surface area (TPSA) is 86.1 Å². The third-order valence-corrected chi connectivity index (χ3v) is 5.81. The van der Waals surface area contributed by atoms with Gasteiger partial charge in [-0.15, -0.1) is 5.10 Å². The Labute approximate surface area is 198 Å². The van der Waals surface area contributed by atoms with Gasteiger partial charge in [-0.3, -0.25) is 9.59 Å². The van der Waals surface area contributed by atoms with Gasteiger partial charge < -0.3 is 24.0 Å². The van der Waals surface area contributed by atoms with Crippen molar-refractivity contribution in [2.24, 2.45) is 0 Å². The van der Waals surface area contributed by atoms with Crippen LogP contribution < -0.4 is 24.7 Å². The molecule has 9 nitrogen and oxygen atoms in total. The predicted molar refractivity (Wildman–Crippen MR) is 129 cm³/mol. The van der Waals surface area contributed by atoms with Crippen molar-refractivity contribution in [1.29, 1.82) is 0 Å². The molecule has 0 saturated carbocycles. The molecule has 0 aliphatic carbocycles. The summed E-state index contributed by atoms with van der Waals surface area (Å²) in [5.74, 6) is 1.92. The highest BCUT2D eigenvalue weighted by Crippen LogP contribution is 2.38. The lowest BCUT2D eigenvalue weighted by Crippen LogP contribution is -2.36. The highest BCUT2D eigenvalue weighted by Gasteiger charge is 2.24. The van der Waals surface area contributed by atoms with E-state index in [0.717, 1.165) is 13.0 Å². The first-order valence-corrected chi connectivity index (χ1v) is 11.1. The summed E-state index contributed by atoms with van der Waals surface area (Å²) >= 11 is 0. The Balaban J connectivity index is 1.53. The van der Waals surface area contributed by atoms with Crippen LogP contribution in [-0.4, -0.2) is 68.1 Å². The number of carbonyl (C=O) groups is 1. The first kappa shape index (κ1) is 23.2. The summed E-state index contributed by atoms with van der Waals surface area (Å²) in [6.45, 7) is 2.43. The molecule has 0 bridgehead atoms. The Kier molecular flexibility index (Phi) is 7.01. The van der Waals surface area contributed by atoms with Gasteiger partial charge in [-0.2, -0.15) is 4.68 Å². The van der Waals surface area contributed by atoms with E-state index in [2.05, 4.69) is 10.00 Å². The van der Waals surface area contributed by atoms with Crippen LogP contribution in [0.1, 0.15) is 16.8 Å². The summed E-state index contributed by atoms with van der Waals surface area (Å²) < 4.78 is 17.5. The van der Waals surface area contributed by atoms with Gasteiger partial charge in [0.15, 0.2) is 11.5 Å². The van der Waals surface area contributed by atoms with Crippen LogP contribution in [0.4, 0.5) is 5.82 Å². The molecule has 1 aliphatic heterocycles. The molecule has 0 unspecified atom stereocenters. The largest absolute Gasteiger partial charge is 0.493 e. The highest BCUT2D eigenvalue weighted by atomic mass is 16.5. The monoisotopic (exact) mass is 464 g/mol. The standard InChI is InChI=1S/C25H28N4O5/c1-32-20-16-18(17-21(33-2)24(20)34-3)25(31)28-13-7-12-27(14-15-28)22-10-11-23(30)29(26-22)19-8-5-4-6-9-19/h4-6,8-11,16-17H,7,12-15H2,1-3H3. The highest BCUT2D eigenvalue weighted by molar-refractivity contribution is 5.95. The van der Waals surface area contributed by atoms with Crippen molar-refractivity contribution in [3.05, 3.63) is 70.5 Å². The molecular formula is C25H28N4O5. The molecule has 1 fully saturated rings. The van der Waals surface area contributed by atoms with E-state index in [0.29, 0.717) is 54.0 Å². The number of carbonyl (C=O) groups excluding carboxylic acids is 1. The Bertz CT molecular complexity index is 1190. The molecule has 0 radical (unpaired) electrons. The lowest BCUT2D eigenvalue weighted by atomic mass is 10.1. The number of anilines is 1. The molecule has 1 saturated heterocycles. The molecule has 0 atom stereocenters. The second-order valence-electron chi connectivity index (χ2n) is 7.82. The lowest BCUT2D eigenvalue weighted by Gasteiger charge is -2.23. The lowest BCUT2D eigenvalue weighted by molar-refractivity contribution is 0.0766. The van der Waals surface area contributed by atoms with Crippen molar-refractivity contribution in [3.63, 3.8) is 0 Å². The summed E-state index contributed by atoms with van der Waals surface area (Å²) in [4.78, 5) is 29.6. The van der Waals surface area contributed by atoms with Crippen LogP contribution in [0.25, 0.3) is 5.69 Å². The number of nitrogens with zero attached hydrogens (tertiary/aromatic N) is 4. The molecule has 3 aromatic rings. The average Bonchev–Trinajstić information content (AvgIpc) is 3.14. The van der Waals surface area contributed by atoms with Crippen molar-refractivity contribution >= 4 is 11.7 Å². The van der Waals surface area contributed by atoms with Crippen molar-refractivity contribution in [2.75, 3.05) is 52.4 Å². The van der Waals surface area contributed by atoms with E-state index in [1.807, 2.05) is 35.2 Å². The maximum Gasteiger partial charge on any atom is 0.271 e. The number of ether oxygens (including phenoxy) is 3. The zero-order chi connectivity index (χ0) is 24.1. The third kappa shape index (κ3) is 4.68. The number of methoxy groups -OCH3 is 3. The van der Waals surface area contributed by atoms with Gasteiger partial charge in [-0.25, -0.2) is 0 Å². The zero-order valence-electron chi connectivity index (χ0n) is 19.6. The summed E-state index contributed by atoms with van der Waals surface area (Å²) in [7, 11) is 4.58. The molecular weight excluding hydrogens is 436 g/mol. The fraction of sp³-hybridized carbons (Fsp3) is 0.320. The van der Waals surface area contributed by atoms with Crippen LogP contribution in [0.5, 0.6) is 17.2 Å². The first-order chi connectivity index (χ1) is 16.5. The number of amides is 1. The van der Waals surface area contributed by atoms with Gasteiger partial charge in [-0.05, 0) is 36.8 Å². The van der Waals surface area contributed by atoms with Crippen molar-refractivity contribution in [3.8, 4) is 22.9 Å². The van der Waals surface area contributed by atoms with E-state index < -0.39 is 0 Å². The first-order valence-electron chi connectivity index (χ1n) is 11.1. The molecule has 2 aromatic carbocycles. The minimum Gasteiger partial charge on any atom is -0.493 e. The quantitative estimate of drug-likeness (QED) is 0.554. The van der Waals surface area contributed by atoms with E-state index in [1.165, 1.54) is 32.1 Å². The van der Waals surface area contributed by atoms with Crippen LogP contribution in [0.2, 0.25) is 0 Å². The normalized spacial score (nSPS) is 13.9. The van der Waals surface area contributed by atoms with Gasteiger partial charge in [0.1, 0.15) is 5.82 Å². The minimum absolute atomic E-state index is 0.108. The zero-order valence-corrected chi connectivity index (χ0v) is 19.6. The molecule has 178 valence electrons. The molecule has 1 aliphatic rings. The molecule has 2 heterocycles. The summed E-state index contributed by atoms with van der Waals surface area (Å²) in [6.07, 6.45) is 0.766. The SMILES string of the molecule is COc1cc(C(=O)N2CCCN(c3ccc(=O)n(-c4ccccc4)n3)CC2)cc(OC)c1OC. The summed E-state index contributed by atoms with van der Waals surface area (Å²) in [6, 6.07) is 15.9. The van der Waals surface area contributed by atoms with Crippen molar-refractivity contribution in [2.45, 2.75) is 6.42 Å². The van der Waals surface area contributed by atoms with Gasteiger partial charge in [0.05, 0.1) is 27.0 Å². The maximum absolute atomic E-state index is 13.3.